The molecule has 0 saturated heterocycles. The van der Waals surface area contributed by atoms with Crippen molar-refractivity contribution >= 4 is 5.91 Å². The fourth-order valence-electron chi connectivity index (χ4n) is 1.85. The third-order valence-electron chi connectivity index (χ3n) is 3.54. The lowest BCUT2D eigenvalue weighted by molar-refractivity contribution is -0.141. The van der Waals surface area contributed by atoms with E-state index in [1.807, 2.05) is 25.8 Å². The highest BCUT2D eigenvalue weighted by molar-refractivity contribution is 5.82. The first kappa shape index (κ1) is 15.4. The molecule has 0 radical (unpaired) electrons. The molecule has 3 nitrogen and oxygen atoms in total. The zero-order valence-electron chi connectivity index (χ0n) is 11.7. The van der Waals surface area contributed by atoms with Crippen molar-refractivity contribution in [2.24, 2.45) is 17.1 Å². The van der Waals surface area contributed by atoms with E-state index in [0.29, 0.717) is 12.5 Å². The lowest BCUT2D eigenvalue weighted by Crippen LogP contribution is -2.47. The van der Waals surface area contributed by atoms with Crippen LogP contribution >= 0.6 is 0 Å². The molecule has 16 heavy (non-hydrogen) atoms. The Bertz CT molecular complexity index is 222. The number of rotatable bonds is 6. The molecule has 0 rings (SSSR count). The molecule has 0 aliphatic rings. The first-order chi connectivity index (χ1) is 7.28. The van der Waals surface area contributed by atoms with Crippen molar-refractivity contribution in [2.45, 2.75) is 53.5 Å². The van der Waals surface area contributed by atoms with Crippen molar-refractivity contribution in [1.82, 2.24) is 4.90 Å². The molecule has 0 aliphatic heterocycles. The highest BCUT2D eigenvalue weighted by Gasteiger charge is 2.33. The van der Waals surface area contributed by atoms with E-state index in [9.17, 15) is 4.79 Å². The molecule has 2 unspecified atom stereocenters. The smallest absolute Gasteiger partial charge is 0.229 e. The molecule has 96 valence electrons. The summed E-state index contributed by atoms with van der Waals surface area (Å²) in [4.78, 5) is 14.2. The van der Waals surface area contributed by atoms with Crippen LogP contribution in [0.4, 0.5) is 0 Å². The maximum Gasteiger partial charge on any atom is 0.229 e. The van der Waals surface area contributed by atoms with Gasteiger partial charge in [-0.2, -0.15) is 0 Å². The van der Waals surface area contributed by atoms with E-state index in [1.165, 1.54) is 0 Å². The van der Waals surface area contributed by atoms with Crippen molar-refractivity contribution < 1.29 is 4.79 Å². The molecular weight excluding hydrogens is 200 g/mol. The Hall–Kier alpha value is -0.570. The van der Waals surface area contributed by atoms with Crippen LogP contribution in [0.3, 0.4) is 0 Å². The Labute approximate surface area is 100 Å². The van der Waals surface area contributed by atoms with Gasteiger partial charge in [-0.25, -0.2) is 0 Å². The lowest BCUT2D eigenvalue weighted by atomic mass is 9.85. The van der Waals surface area contributed by atoms with Crippen LogP contribution in [0.1, 0.15) is 47.5 Å². The summed E-state index contributed by atoms with van der Waals surface area (Å²) in [6.45, 7) is 10.8. The molecule has 0 fully saturated rings. The third-order valence-corrected chi connectivity index (χ3v) is 3.54. The summed E-state index contributed by atoms with van der Waals surface area (Å²) in [5.74, 6) is 0.779. The van der Waals surface area contributed by atoms with Gasteiger partial charge in [0.05, 0.1) is 5.41 Å². The molecule has 0 saturated carbocycles. The van der Waals surface area contributed by atoms with E-state index in [-0.39, 0.29) is 11.9 Å². The average Bonchev–Trinajstić information content (AvgIpc) is 2.24. The second-order valence-electron chi connectivity index (χ2n) is 5.51. The van der Waals surface area contributed by atoms with Gasteiger partial charge in [0.25, 0.3) is 0 Å². The molecule has 0 bridgehead atoms. The maximum atomic E-state index is 12.3. The van der Waals surface area contributed by atoms with Gasteiger partial charge in [-0.05, 0) is 32.6 Å². The molecule has 2 N–H and O–H groups in total. The van der Waals surface area contributed by atoms with Gasteiger partial charge >= 0.3 is 0 Å². The van der Waals surface area contributed by atoms with Crippen LogP contribution in [0.2, 0.25) is 0 Å². The summed E-state index contributed by atoms with van der Waals surface area (Å²) in [7, 11) is 1.89. The number of amides is 1. The molecule has 0 aromatic carbocycles. The molecule has 0 spiro atoms. The first-order valence-corrected chi connectivity index (χ1v) is 6.25. The van der Waals surface area contributed by atoms with E-state index in [2.05, 4.69) is 20.8 Å². The Morgan fingerprint density at radius 3 is 2.19 bits per heavy atom. The maximum absolute atomic E-state index is 12.3. The largest absolute Gasteiger partial charge is 0.343 e. The van der Waals surface area contributed by atoms with Crippen molar-refractivity contribution in [2.75, 3.05) is 13.6 Å². The summed E-state index contributed by atoms with van der Waals surface area (Å²) in [5.41, 5.74) is 5.31. The van der Waals surface area contributed by atoms with Crippen LogP contribution in [-0.4, -0.2) is 30.4 Å². The van der Waals surface area contributed by atoms with Gasteiger partial charge in [0.2, 0.25) is 5.91 Å². The number of carbonyl (C=O) groups is 1. The molecule has 2 atom stereocenters. The number of nitrogens with zero attached hydrogens (tertiary/aromatic N) is 1. The van der Waals surface area contributed by atoms with Gasteiger partial charge in [-0.3, -0.25) is 4.79 Å². The number of nitrogens with two attached hydrogens (primary N) is 1. The average molecular weight is 228 g/mol. The number of hydrogen-bond donors (Lipinski definition) is 1. The zero-order chi connectivity index (χ0) is 12.9. The minimum absolute atomic E-state index is 0.172. The predicted molar refractivity (Wildman–Crippen MR) is 69.1 cm³/mol. The van der Waals surface area contributed by atoms with Gasteiger partial charge in [0.15, 0.2) is 0 Å². The van der Waals surface area contributed by atoms with Crippen molar-refractivity contribution in [1.29, 1.82) is 0 Å². The van der Waals surface area contributed by atoms with E-state index < -0.39 is 5.41 Å². The molecule has 0 aromatic heterocycles. The van der Waals surface area contributed by atoms with Crippen LogP contribution in [-0.2, 0) is 4.79 Å². The summed E-state index contributed by atoms with van der Waals surface area (Å²) < 4.78 is 0. The summed E-state index contributed by atoms with van der Waals surface area (Å²) in [5, 5.41) is 0. The van der Waals surface area contributed by atoms with E-state index in [0.717, 1.165) is 12.8 Å². The quantitative estimate of drug-likeness (QED) is 0.758. The Kier molecular flexibility index (Phi) is 6.01. The summed E-state index contributed by atoms with van der Waals surface area (Å²) in [6, 6.07) is 0.282. The Morgan fingerprint density at radius 2 is 1.88 bits per heavy atom. The van der Waals surface area contributed by atoms with Gasteiger partial charge < -0.3 is 10.6 Å². The molecule has 3 heteroatoms. The van der Waals surface area contributed by atoms with Crippen LogP contribution < -0.4 is 5.73 Å². The number of hydrogen-bond acceptors (Lipinski definition) is 2. The summed E-state index contributed by atoms with van der Waals surface area (Å²) >= 11 is 0. The number of carbonyl (C=O) groups excluding carboxylic acids is 1. The van der Waals surface area contributed by atoms with Crippen LogP contribution in [0, 0.1) is 11.3 Å². The van der Waals surface area contributed by atoms with Gasteiger partial charge in [0.1, 0.15) is 0 Å². The molecular formula is C13H28N2O. The van der Waals surface area contributed by atoms with Crippen molar-refractivity contribution in [3.63, 3.8) is 0 Å². The fourth-order valence-corrected chi connectivity index (χ4v) is 1.85. The van der Waals surface area contributed by atoms with Gasteiger partial charge in [-0.1, -0.05) is 20.8 Å². The standard InChI is InChI=1S/C13H28N2O/c1-7-13(5,9-14)12(16)15(6)11(4)8-10(2)3/h10-11H,7-9,14H2,1-6H3. The molecule has 1 amide bonds. The second-order valence-corrected chi connectivity index (χ2v) is 5.51. The van der Waals surface area contributed by atoms with Gasteiger partial charge in [-0.15, -0.1) is 0 Å². The minimum Gasteiger partial charge on any atom is -0.343 e. The zero-order valence-corrected chi connectivity index (χ0v) is 11.7. The van der Waals surface area contributed by atoms with Crippen molar-refractivity contribution in [3.8, 4) is 0 Å². The van der Waals surface area contributed by atoms with Crippen LogP contribution in [0.25, 0.3) is 0 Å². The minimum atomic E-state index is -0.403. The monoisotopic (exact) mass is 228 g/mol. The highest BCUT2D eigenvalue weighted by Crippen LogP contribution is 2.24. The SMILES string of the molecule is CCC(C)(CN)C(=O)N(C)C(C)CC(C)C. The molecule has 0 heterocycles. The topological polar surface area (TPSA) is 46.3 Å². The second kappa shape index (κ2) is 6.24. The van der Waals surface area contributed by atoms with Crippen LogP contribution in [0.5, 0.6) is 0 Å². The van der Waals surface area contributed by atoms with Crippen LogP contribution in [0.15, 0.2) is 0 Å². The third kappa shape index (κ3) is 3.78. The van der Waals surface area contributed by atoms with E-state index in [4.69, 9.17) is 5.73 Å². The predicted octanol–water partition coefficient (Wildman–Crippen LogP) is 2.25. The Morgan fingerprint density at radius 1 is 1.38 bits per heavy atom. The van der Waals surface area contributed by atoms with E-state index in [1.54, 1.807) is 0 Å². The fraction of sp³-hybridized carbons (Fsp3) is 0.923. The normalized spacial score (nSPS) is 17.0. The van der Waals surface area contributed by atoms with E-state index >= 15 is 0 Å². The first-order valence-electron chi connectivity index (χ1n) is 6.25. The molecule has 0 aromatic rings. The summed E-state index contributed by atoms with van der Waals surface area (Å²) in [6.07, 6.45) is 1.83. The Balaban J connectivity index is 4.59. The van der Waals surface area contributed by atoms with Crippen molar-refractivity contribution in [3.05, 3.63) is 0 Å². The molecule has 0 aliphatic carbocycles. The lowest BCUT2D eigenvalue weighted by Gasteiger charge is -2.34. The van der Waals surface area contributed by atoms with Gasteiger partial charge in [0, 0.05) is 19.6 Å². The highest BCUT2D eigenvalue weighted by atomic mass is 16.2.